The van der Waals surface area contributed by atoms with Crippen molar-refractivity contribution in [1.82, 2.24) is 15.1 Å². The summed E-state index contributed by atoms with van der Waals surface area (Å²) in [5.41, 5.74) is 8.21. The second-order valence-electron chi connectivity index (χ2n) is 7.57. The summed E-state index contributed by atoms with van der Waals surface area (Å²) in [7, 11) is 1.75. The van der Waals surface area contributed by atoms with Crippen molar-refractivity contribution >= 4 is 11.8 Å². The molecule has 3 N–H and O–H groups in total. The van der Waals surface area contributed by atoms with Gasteiger partial charge >= 0.3 is 0 Å². The molecule has 0 fully saturated rings. The number of aryl methyl sites for hydroxylation is 1. The molecule has 0 spiro atoms. The summed E-state index contributed by atoms with van der Waals surface area (Å²) < 4.78 is 18.4. The van der Waals surface area contributed by atoms with Gasteiger partial charge in [-0.1, -0.05) is 18.6 Å². The van der Waals surface area contributed by atoms with Gasteiger partial charge in [0.2, 0.25) is 0 Å². The van der Waals surface area contributed by atoms with Gasteiger partial charge in [-0.25, -0.2) is 4.39 Å². The van der Waals surface area contributed by atoms with Gasteiger partial charge in [-0.15, -0.1) is 0 Å². The van der Waals surface area contributed by atoms with E-state index in [-0.39, 0.29) is 18.3 Å². The monoisotopic (exact) mass is 438 g/mol. The van der Waals surface area contributed by atoms with Crippen LogP contribution in [0.3, 0.4) is 0 Å². The highest BCUT2D eigenvalue weighted by Gasteiger charge is 2.16. The first-order valence-electron chi connectivity index (χ1n) is 10.5. The number of rotatable bonds is 11. The Labute approximate surface area is 186 Å². The van der Waals surface area contributed by atoms with E-state index in [0.29, 0.717) is 17.9 Å². The Bertz CT molecular complexity index is 1050. The molecule has 32 heavy (non-hydrogen) atoms. The predicted octanol–water partition coefficient (Wildman–Crippen LogP) is 3.56. The van der Waals surface area contributed by atoms with Crippen LogP contribution in [0.15, 0.2) is 54.6 Å². The average Bonchev–Trinajstić information content (AvgIpc) is 3.26. The number of hydrogen-bond acceptors (Lipinski definition) is 4. The van der Waals surface area contributed by atoms with Crippen molar-refractivity contribution < 1.29 is 18.7 Å². The van der Waals surface area contributed by atoms with Gasteiger partial charge in [0.25, 0.3) is 11.8 Å². The van der Waals surface area contributed by atoms with Crippen LogP contribution in [-0.4, -0.2) is 47.1 Å². The van der Waals surface area contributed by atoms with E-state index in [1.54, 1.807) is 48.3 Å². The number of aromatic nitrogens is 2. The van der Waals surface area contributed by atoms with Crippen LogP contribution in [-0.2, 0) is 11.2 Å². The Balaban J connectivity index is 1.43. The third-order valence-corrected chi connectivity index (χ3v) is 5.04. The number of primary amides is 1. The highest BCUT2D eigenvalue weighted by molar-refractivity contribution is 5.96. The number of hydrogen-bond donors (Lipinski definition) is 2. The summed E-state index contributed by atoms with van der Waals surface area (Å²) in [4.78, 5) is 25.4. The summed E-state index contributed by atoms with van der Waals surface area (Å²) in [5, 5.41) is 7.32. The van der Waals surface area contributed by atoms with E-state index in [2.05, 4.69) is 10.2 Å². The minimum absolute atomic E-state index is 0.164. The minimum atomic E-state index is -0.595. The molecule has 0 bridgehead atoms. The summed E-state index contributed by atoms with van der Waals surface area (Å²) in [5.74, 6) is -0.681. The van der Waals surface area contributed by atoms with Crippen molar-refractivity contribution in [1.29, 1.82) is 0 Å². The number of nitrogens with one attached hydrogen (secondary N) is 1. The average molecular weight is 439 g/mol. The minimum Gasteiger partial charge on any atom is -0.483 e. The number of nitrogens with two attached hydrogens (primary N) is 1. The van der Waals surface area contributed by atoms with E-state index >= 15 is 0 Å². The van der Waals surface area contributed by atoms with Gasteiger partial charge in [-0.05, 0) is 61.7 Å². The lowest BCUT2D eigenvalue weighted by Gasteiger charge is -2.19. The summed E-state index contributed by atoms with van der Waals surface area (Å²) in [6, 6.07) is 15.0. The van der Waals surface area contributed by atoms with E-state index in [9.17, 15) is 14.0 Å². The lowest BCUT2D eigenvalue weighted by Crippen LogP contribution is -2.28. The molecule has 0 atom stereocenters. The van der Waals surface area contributed by atoms with Gasteiger partial charge in [0.05, 0.1) is 11.3 Å². The molecule has 0 radical (unpaired) electrons. The fourth-order valence-corrected chi connectivity index (χ4v) is 3.32. The standard InChI is InChI=1S/C24H27FN4O3/c1-29(24(31)20-8-4-5-9-22(20)32-16-23(26)30)14-6-2-3-7-19-15-21(28-27-19)17-10-12-18(25)13-11-17/h4-5,8-13,15H,2-3,6-7,14,16H2,1H3,(H2,26,30)(H,27,28). The molecule has 7 nitrogen and oxygen atoms in total. The second-order valence-corrected chi connectivity index (χ2v) is 7.57. The Hall–Kier alpha value is -3.68. The number of carbonyl (C=O) groups is 2. The molecule has 2 amide bonds. The largest absolute Gasteiger partial charge is 0.483 e. The SMILES string of the molecule is CN(CCCCCc1cc(-c2ccc(F)cc2)n[nH]1)C(=O)c1ccccc1OCC(N)=O. The Kier molecular flexibility index (Phi) is 7.96. The van der Waals surface area contributed by atoms with Crippen molar-refractivity contribution in [3.63, 3.8) is 0 Å². The molecule has 0 saturated heterocycles. The topological polar surface area (TPSA) is 101 Å². The molecule has 168 valence electrons. The van der Waals surface area contributed by atoms with E-state index < -0.39 is 5.91 Å². The summed E-state index contributed by atoms with van der Waals surface area (Å²) in [6.07, 6.45) is 3.59. The van der Waals surface area contributed by atoms with Gasteiger partial charge in [-0.2, -0.15) is 5.10 Å². The van der Waals surface area contributed by atoms with E-state index in [4.69, 9.17) is 10.5 Å². The normalized spacial score (nSPS) is 10.7. The Morgan fingerprint density at radius 3 is 2.59 bits per heavy atom. The fourth-order valence-electron chi connectivity index (χ4n) is 3.32. The highest BCUT2D eigenvalue weighted by Crippen LogP contribution is 2.21. The molecule has 3 rings (SSSR count). The van der Waals surface area contributed by atoms with Gasteiger partial charge in [0.1, 0.15) is 11.6 Å². The Morgan fingerprint density at radius 2 is 1.84 bits per heavy atom. The zero-order valence-electron chi connectivity index (χ0n) is 18.0. The molecular weight excluding hydrogens is 411 g/mol. The lowest BCUT2D eigenvalue weighted by molar-refractivity contribution is -0.119. The maximum absolute atomic E-state index is 13.1. The molecule has 0 aliphatic rings. The lowest BCUT2D eigenvalue weighted by atomic mass is 10.1. The molecule has 0 unspecified atom stereocenters. The van der Waals surface area contributed by atoms with Gasteiger partial charge in [-0.3, -0.25) is 14.7 Å². The molecule has 0 saturated carbocycles. The summed E-state index contributed by atoms with van der Waals surface area (Å²) >= 11 is 0. The number of H-pyrrole nitrogens is 1. The molecule has 0 aliphatic carbocycles. The van der Waals surface area contributed by atoms with E-state index in [1.807, 2.05) is 6.07 Å². The third kappa shape index (κ3) is 6.41. The first-order valence-corrected chi connectivity index (χ1v) is 10.5. The van der Waals surface area contributed by atoms with Gasteiger partial charge in [0, 0.05) is 24.8 Å². The molecule has 2 aromatic carbocycles. The van der Waals surface area contributed by atoms with Crippen LogP contribution in [0, 0.1) is 5.82 Å². The first kappa shape index (κ1) is 23.0. The van der Waals surface area contributed by atoms with Crippen molar-refractivity contribution in [2.45, 2.75) is 25.7 Å². The van der Waals surface area contributed by atoms with Crippen LogP contribution in [0.1, 0.15) is 35.3 Å². The van der Waals surface area contributed by atoms with Gasteiger partial charge < -0.3 is 15.4 Å². The zero-order chi connectivity index (χ0) is 22.9. The van der Waals surface area contributed by atoms with E-state index in [1.165, 1.54) is 12.1 Å². The van der Waals surface area contributed by atoms with Crippen LogP contribution in [0.4, 0.5) is 4.39 Å². The molecule has 8 heteroatoms. The molecule has 3 aromatic rings. The zero-order valence-corrected chi connectivity index (χ0v) is 18.0. The smallest absolute Gasteiger partial charge is 0.257 e. The first-order chi connectivity index (χ1) is 15.4. The van der Waals surface area contributed by atoms with Crippen LogP contribution < -0.4 is 10.5 Å². The molecule has 1 heterocycles. The number of unbranched alkanes of at least 4 members (excludes halogenated alkanes) is 2. The maximum Gasteiger partial charge on any atom is 0.257 e. The van der Waals surface area contributed by atoms with Crippen LogP contribution in [0.25, 0.3) is 11.3 Å². The van der Waals surface area contributed by atoms with Gasteiger partial charge in [0.15, 0.2) is 6.61 Å². The van der Waals surface area contributed by atoms with E-state index in [0.717, 1.165) is 42.6 Å². The van der Waals surface area contributed by atoms with Crippen molar-refractivity contribution in [2.75, 3.05) is 20.2 Å². The maximum atomic E-state index is 13.1. The van der Waals surface area contributed by atoms with Crippen LogP contribution in [0.2, 0.25) is 0 Å². The van der Waals surface area contributed by atoms with Crippen molar-refractivity contribution in [2.24, 2.45) is 5.73 Å². The number of para-hydroxylation sites is 1. The quantitative estimate of drug-likeness (QED) is 0.447. The van der Waals surface area contributed by atoms with Crippen LogP contribution >= 0.6 is 0 Å². The van der Waals surface area contributed by atoms with Crippen molar-refractivity contribution in [3.05, 3.63) is 71.7 Å². The molecule has 1 aromatic heterocycles. The number of nitrogens with zero attached hydrogens (tertiary/aromatic N) is 2. The van der Waals surface area contributed by atoms with Crippen molar-refractivity contribution in [3.8, 4) is 17.0 Å². The fraction of sp³-hybridized carbons (Fsp3) is 0.292. The predicted molar refractivity (Wildman–Crippen MR) is 120 cm³/mol. The number of aromatic amines is 1. The molecule has 0 aliphatic heterocycles. The Morgan fingerprint density at radius 1 is 1.09 bits per heavy atom. The summed E-state index contributed by atoms with van der Waals surface area (Å²) in [6.45, 7) is 0.331. The number of halogens is 1. The third-order valence-electron chi connectivity index (χ3n) is 5.04. The second kappa shape index (κ2) is 11.1. The van der Waals surface area contributed by atoms with Crippen LogP contribution in [0.5, 0.6) is 5.75 Å². The number of ether oxygens (including phenoxy) is 1. The number of benzene rings is 2. The molecular formula is C24H27FN4O3. The number of carbonyl (C=O) groups excluding carboxylic acids is 2. The highest BCUT2D eigenvalue weighted by atomic mass is 19.1. The number of amides is 2.